The van der Waals surface area contributed by atoms with Crippen molar-refractivity contribution in [3.63, 3.8) is 0 Å². The quantitative estimate of drug-likeness (QED) is 0.685. The molecule has 1 heterocycles. The largest absolute Gasteiger partial charge is 0.481 e. The lowest BCUT2D eigenvalue weighted by Crippen LogP contribution is -2.64. The molecule has 7 heteroatoms. The summed E-state index contributed by atoms with van der Waals surface area (Å²) < 4.78 is 5.49. The third-order valence-electron chi connectivity index (χ3n) is 6.16. The highest BCUT2D eigenvalue weighted by Gasteiger charge is 2.48. The zero-order valence-electron chi connectivity index (χ0n) is 17.7. The van der Waals surface area contributed by atoms with Crippen molar-refractivity contribution in [1.29, 1.82) is 0 Å². The van der Waals surface area contributed by atoms with Crippen molar-refractivity contribution in [3.05, 3.63) is 59.7 Å². The summed E-state index contributed by atoms with van der Waals surface area (Å²) >= 11 is 0. The summed E-state index contributed by atoms with van der Waals surface area (Å²) in [5, 5.41) is 11.8. The highest BCUT2D eigenvalue weighted by molar-refractivity contribution is 5.89. The van der Waals surface area contributed by atoms with Gasteiger partial charge in [0.15, 0.2) is 0 Å². The lowest BCUT2D eigenvalue weighted by Gasteiger charge is -2.45. The molecule has 32 heavy (non-hydrogen) atoms. The Morgan fingerprint density at radius 3 is 2.25 bits per heavy atom. The fraction of sp³-hybridized carbons (Fsp3) is 0.320. The number of carbonyl (C=O) groups is 3. The van der Waals surface area contributed by atoms with Gasteiger partial charge in [-0.15, -0.1) is 12.3 Å². The molecule has 1 aliphatic heterocycles. The highest BCUT2D eigenvalue weighted by atomic mass is 16.5. The molecule has 4 rings (SSSR count). The number of benzene rings is 2. The second kappa shape index (κ2) is 8.39. The molecule has 7 nitrogen and oxygen atoms in total. The predicted molar refractivity (Wildman–Crippen MR) is 118 cm³/mol. The summed E-state index contributed by atoms with van der Waals surface area (Å²) in [6.45, 7) is 1.86. The Morgan fingerprint density at radius 2 is 1.72 bits per heavy atom. The average molecular weight is 432 g/mol. The first kappa shape index (κ1) is 21.4. The van der Waals surface area contributed by atoms with Crippen LogP contribution in [-0.4, -0.2) is 53.7 Å². The normalized spacial score (nSPS) is 16.7. The molecular formula is C25H24N2O5. The minimum absolute atomic E-state index is 0.0106. The average Bonchev–Trinajstić information content (AvgIpc) is 3.08. The Balaban J connectivity index is 1.39. The van der Waals surface area contributed by atoms with Crippen molar-refractivity contribution in [3.8, 4) is 23.5 Å². The Hall–Kier alpha value is -3.79. The first-order chi connectivity index (χ1) is 15.3. The van der Waals surface area contributed by atoms with Crippen LogP contribution in [0.3, 0.4) is 0 Å². The van der Waals surface area contributed by atoms with Gasteiger partial charge < -0.3 is 20.1 Å². The lowest BCUT2D eigenvalue weighted by molar-refractivity contribution is -0.164. The molecule has 1 atom stereocenters. The van der Waals surface area contributed by atoms with Crippen molar-refractivity contribution in [2.24, 2.45) is 5.41 Å². The monoisotopic (exact) mass is 432 g/mol. The second-order valence-corrected chi connectivity index (χ2v) is 8.49. The van der Waals surface area contributed by atoms with Gasteiger partial charge in [0, 0.05) is 25.4 Å². The summed E-state index contributed by atoms with van der Waals surface area (Å²) in [7, 11) is 0. The minimum atomic E-state index is -0.972. The van der Waals surface area contributed by atoms with E-state index in [9.17, 15) is 19.5 Å². The van der Waals surface area contributed by atoms with Crippen molar-refractivity contribution in [1.82, 2.24) is 10.2 Å². The molecule has 0 bridgehead atoms. The standard InChI is InChI=1S/C25H24N2O5/c1-3-8-21(22(28)27-14-25(2,15-27)23(29)30)26-24(31)32-13-20-18-11-6-4-9-16(18)17-10-5-7-12-19(17)20/h1,4-7,9-12,20-21H,8,13-15H2,2H3,(H,26,31)(H,29,30). The minimum Gasteiger partial charge on any atom is -0.481 e. The Morgan fingerprint density at radius 1 is 1.16 bits per heavy atom. The first-order valence-corrected chi connectivity index (χ1v) is 10.4. The number of aliphatic carboxylic acids is 1. The van der Waals surface area contributed by atoms with Gasteiger partial charge in [-0.2, -0.15) is 0 Å². The Labute approximate surface area is 186 Å². The maximum Gasteiger partial charge on any atom is 0.407 e. The van der Waals surface area contributed by atoms with Crippen LogP contribution in [0.15, 0.2) is 48.5 Å². The number of ether oxygens (including phenoxy) is 1. The van der Waals surface area contributed by atoms with E-state index in [0.717, 1.165) is 22.3 Å². The number of carboxylic acids is 1. The number of fused-ring (bicyclic) bond motifs is 3. The summed E-state index contributed by atoms with van der Waals surface area (Å²) in [5.74, 6) is 0.928. The fourth-order valence-corrected chi connectivity index (χ4v) is 4.41. The highest BCUT2D eigenvalue weighted by Crippen LogP contribution is 2.44. The summed E-state index contributed by atoms with van der Waals surface area (Å²) in [5.41, 5.74) is 3.45. The number of carboxylic acid groups (broad SMARTS) is 1. The van der Waals surface area contributed by atoms with Gasteiger partial charge >= 0.3 is 12.1 Å². The molecule has 2 aliphatic rings. The van der Waals surface area contributed by atoms with E-state index in [-0.39, 0.29) is 32.0 Å². The molecule has 0 radical (unpaired) electrons. The molecule has 2 N–H and O–H groups in total. The van der Waals surface area contributed by atoms with E-state index >= 15 is 0 Å². The molecule has 2 aromatic carbocycles. The number of likely N-dealkylation sites (tertiary alicyclic amines) is 1. The number of hydrogen-bond donors (Lipinski definition) is 2. The number of hydrogen-bond acceptors (Lipinski definition) is 4. The lowest BCUT2D eigenvalue weighted by atomic mass is 9.81. The number of nitrogens with one attached hydrogen (secondary N) is 1. The molecule has 1 fully saturated rings. The van der Waals surface area contributed by atoms with E-state index in [1.54, 1.807) is 6.92 Å². The maximum atomic E-state index is 12.7. The van der Waals surface area contributed by atoms with E-state index in [4.69, 9.17) is 11.2 Å². The smallest absolute Gasteiger partial charge is 0.407 e. The van der Waals surface area contributed by atoms with Crippen molar-refractivity contribution >= 4 is 18.0 Å². The van der Waals surface area contributed by atoms with Gasteiger partial charge in [-0.05, 0) is 29.2 Å². The van der Waals surface area contributed by atoms with Crippen molar-refractivity contribution < 1.29 is 24.2 Å². The number of amides is 2. The predicted octanol–water partition coefficient (Wildman–Crippen LogP) is 2.85. The number of terminal acetylenes is 1. The fourth-order valence-electron chi connectivity index (χ4n) is 4.41. The summed E-state index contributed by atoms with van der Waals surface area (Å²) in [6, 6.07) is 15.1. The van der Waals surface area contributed by atoms with E-state index in [1.807, 2.05) is 48.5 Å². The van der Waals surface area contributed by atoms with Crippen LogP contribution >= 0.6 is 0 Å². The zero-order valence-corrected chi connectivity index (χ0v) is 17.7. The number of rotatable bonds is 6. The molecular weight excluding hydrogens is 408 g/mol. The van der Waals surface area contributed by atoms with Crippen LogP contribution in [0.1, 0.15) is 30.4 Å². The Kier molecular flexibility index (Phi) is 5.62. The van der Waals surface area contributed by atoms with Gasteiger partial charge in [-0.1, -0.05) is 48.5 Å². The molecule has 0 aromatic heterocycles. The van der Waals surface area contributed by atoms with Crippen LogP contribution in [0.2, 0.25) is 0 Å². The zero-order chi connectivity index (χ0) is 22.9. The first-order valence-electron chi connectivity index (χ1n) is 10.4. The van der Waals surface area contributed by atoms with Gasteiger partial charge in [-0.25, -0.2) is 4.79 Å². The van der Waals surface area contributed by atoms with Crippen molar-refractivity contribution in [2.75, 3.05) is 19.7 Å². The van der Waals surface area contributed by atoms with Crippen LogP contribution < -0.4 is 5.32 Å². The van der Waals surface area contributed by atoms with E-state index in [0.29, 0.717) is 0 Å². The van der Waals surface area contributed by atoms with E-state index in [2.05, 4.69) is 11.2 Å². The molecule has 1 aliphatic carbocycles. The SMILES string of the molecule is C#CCC(NC(=O)OCC1c2ccccc2-c2ccccc21)C(=O)N1CC(C)(C(=O)O)C1. The maximum absolute atomic E-state index is 12.7. The third-order valence-corrected chi connectivity index (χ3v) is 6.16. The summed E-state index contributed by atoms with van der Waals surface area (Å²) in [6.07, 6.45) is 4.63. The van der Waals surface area contributed by atoms with Gasteiger partial charge in [-0.3, -0.25) is 9.59 Å². The second-order valence-electron chi connectivity index (χ2n) is 8.49. The topological polar surface area (TPSA) is 95.9 Å². The van der Waals surface area contributed by atoms with Crippen molar-refractivity contribution in [2.45, 2.75) is 25.3 Å². The molecule has 164 valence electrons. The van der Waals surface area contributed by atoms with Gasteiger partial charge in [0.1, 0.15) is 12.6 Å². The van der Waals surface area contributed by atoms with Gasteiger partial charge in [0.2, 0.25) is 5.91 Å². The van der Waals surface area contributed by atoms with E-state index in [1.165, 1.54) is 4.90 Å². The molecule has 2 aromatic rings. The molecule has 1 saturated heterocycles. The Bertz CT molecular complexity index is 1070. The third kappa shape index (κ3) is 3.80. The number of nitrogens with zero attached hydrogens (tertiary/aromatic N) is 1. The molecule has 0 spiro atoms. The molecule has 0 saturated carbocycles. The van der Waals surface area contributed by atoms with Crippen LogP contribution in [0.5, 0.6) is 0 Å². The molecule has 1 unspecified atom stereocenters. The van der Waals surface area contributed by atoms with Crippen LogP contribution in [-0.2, 0) is 14.3 Å². The molecule has 2 amide bonds. The van der Waals surface area contributed by atoms with Crippen LogP contribution in [0.25, 0.3) is 11.1 Å². The van der Waals surface area contributed by atoms with Crippen LogP contribution in [0, 0.1) is 17.8 Å². The number of carbonyl (C=O) groups excluding carboxylic acids is 2. The van der Waals surface area contributed by atoms with Gasteiger partial charge in [0.25, 0.3) is 0 Å². The summed E-state index contributed by atoms with van der Waals surface area (Å²) in [4.78, 5) is 37.9. The van der Waals surface area contributed by atoms with Crippen LogP contribution in [0.4, 0.5) is 4.79 Å². The van der Waals surface area contributed by atoms with E-state index < -0.39 is 29.4 Å². The van der Waals surface area contributed by atoms with Gasteiger partial charge in [0.05, 0.1) is 5.41 Å². The number of alkyl carbamates (subject to hydrolysis) is 1.